The van der Waals surface area contributed by atoms with Gasteiger partial charge in [-0.05, 0) is 54.6 Å². The van der Waals surface area contributed by atoms with Gasteiger partial charge in [0.05, 0.1) is 0 Å². The first-order valence-corrected chi connectivity index (χ1v) is 8.20. The van der Waals surface area contributed by atoms with Crippen molar-refractivity contribution in [3.05, 3.63) is 91.8 Å². The second-order valence-electron chi connectivity index (χ2n) is 4.71. The maximum atomic E-state index is 3.92. The van der Waals surface area contributed by atoms with E-state index in [-0.39, 0.29) is 0 Å². The fourth-order valence-electron chi connectivity index (χ4n) is 2.44. The molecular formula is C18H18N3P. The van der Waals surface area contributed by atoms with Gasteiger partial charge in [-0.15, -0.1) is 0 Å². The summed E-state index contributed by atoms with van der Waals surface area (Å²) in [6.07, 6.45) is 11.9. The van der Waals surface area contributed by atoms with Crippen molar-refractivity contribution in [2.45, 2.75) is 0 Å². The summed E-state index contributed by atoms with van der Waals surface area (Å²) >= 11 is 0. The molecule has 0 unspecified atom stereocenters. The molecule has 3 heterocycles. The van der Waals surface area contributed by atoms with E-state index in [1.54, 1.807) is 0 Å². The number of rotatable bonds is 6. The van der Waals surface area contributed by atoms with Crippen LogP contribution in [-0.4, -0.2) is 13.0 Å². The molecule has 0 aromatic carbocycles. The molecule has 22 heavy (non-hydrogen) atoms. The largest absolute Gasteiger partial charge is 0.292 e. The van der Waals surface area contributed by atoms with Crippen molar-refractivity contribution >= 4 is 26.6 Å². The third kappa shape index (κ3) is 2.30. The Balaban J connectivity index is 2.25. The first-order valence-electron chi connectivity index (χ1n) is 7.00. The van der Waals surface area contributed by atoms with Crippen molar-refractivity contribution in [1.82, 2.24) is 13.0 Å². The van der Waals surface area contributed by atoms with Gasteiger partial charge in [-0.1, -0.05) is 19.7 Å². The van der Waals surface area contributed by atoms with Crippen LogP contribution >= 0.6 is 8.37 Å². The standard InChI is InChI=1S/C18H18N3P/c1-4-16-10-7-13-19(16)22(20-14-8-11-17(20)5-2)21-15-9-12-18(21)6-3/h4-15H,1-3H2. The van der Waals surface area contributed by atoms with E-state index in [1.807, 2.05) is 36.4 Å². The lowest BCUT2D eigenvalue weighted by atomic mass is 10.4. The predicted octanol–water partition coefficient (Wildman–Crippen LogP) is 5.19. The van der Waals surface area contributed by atoms with Gasteiger partial charge in [0.1, 0.15) is 0 Å². The zero-order chi connectivity index (χ0) is 15.5. The first-order chi connectivity index (χ1) is 10.8. The summed E-state index contributed by atoms with van der Waals surface area (Å²) in [7, 11) is -0.878. The molecule has 0 saturated heterocycles. The summed E-state index contributed by atoms with van der Waals surface area (Å²) in [5.41, 5.74) is 3.25. The summed E-state index contributed by atoms with van der Waals surface area (Å²) in [5, 5.41) is 0. The number of nitrogens with zero attached hydrogens (tertiary/aromatic N) is 3. The lowest BCUT2D eigenvalue weighted by molar-refractivity contribution is 1.03. The van der Waals surface area contributed by atoms with E-state index in [1.165, 1.54) is 0 Å². The Labute approximate surface area is 132 Å². The van der Waals surface area contributed by atoms with Crippen molar-refractivity contribution < 1.29 is 0 Å². The molecule has 0 fully saturated rings. The van der Waals surface area contributed by atoms with Gasteiger partial charge in [-0.25, -0.2) is 0 Å². The molecule has 3 aromatic rings. The number of hydrogen-bond acceptors (Lipinski definition) is 0. The molecule has 3 rings (SSSR count). The Kier molecular flexibility index (Phi) is 3.99. The zero-order valence-electron chi connectivity index (χ0n) is 12.3. The third-order valence-corrected chi connectivity index (χ3v) is 5.73. The van der Waals surface area contributed by atoms with Crippen LogP contribution in [0.5, 0.6) is 0 Å². The van der Waals surface area contributed by atoms with Gasteiger partial charge in [0, 0.05) is 35.7 Å². The molecule has 3 nitrogen and oxygen atoms in total. The van der Waals surface area contributed by atoms with Gasteiger partial charge < -0.3 is 0 Å². The molecular weight excluding hydrogens is 289 g/mol. The van der Waals surface area contributed by atoms with Crippen LogP contribution in [0, 0.1) is 0 Å². The zero-order valence-corrected chi connectivity index (χ0v) is 13.2. The van der Waals surface area contributed by atoms with E-state index in [4.69, 9.17) is 0 Å². The van der Waals surface area contributed by atoms with E-state index in [0.717, 1.165) is 17.1 Å². The lowest BCUT2D eigenvalue weighted by Gasteiger charge is -2.25. The summed E-state index contributed by atoms with van der Waals surface area (Å²) in [6, 6.07) is 12.3. The molecule has 0 bridgehead atoms. The van der Waals surface area contributed by atoms with Crippen molar-refractivity contribution in [2.24, 2.45) is 0 Å². The quantitative estimate of drug-likeness (QED) is 0.557. The van der Waals surface area contributed by atoms with Crippen molar-refractivity contribution in [2.75, 3.05) is 0 Å². The Morgan fingerprint density at radius 1 is 0.636 bits per heavy atom. The first kappa shape index (κ1) is 14.4. The van der Waals surface area contributed by atoms with Crippen LogP contribution in [-0.2, 0) is 0 Å². The predicted molar refractivity (Wildman–Crippen MR) is 96.7 cm³/mol. The summed E-state index contributed by atoms with van der Waals surface area (Å²) < 4.78 is 6.72. The summed E-state index contributed by atoms with van der Waals surface area (Å²) in [6.45, 7) is 11.8. The highest BCUT2D eigenvalue weighted by Gasteiger charge is 2.20. The molecule has 110 valence electrons. The Morgan fingerprint density at radius 3 is 1.23 bits per heavy atom. The normalized spacial score (nSPS) is 10.8. The fraction of sp³-hybridized carbons (Fsp3) is 0. The maximum absolute atomic E-state index is 3.92. The van der Waals surface area contributed by atoms with Crippen LogP contribution in [0.15, 0.2) is 74.7 Å². The minimum atomic E-state index is -0.878. The average molecular weight is 307 g/mol. The maximum Gasteiger partial charge on any atom is 0.221 e. The smallest absolute Gasteiger partial charge is 0.221 e. The molecule has 0 aliphatic rings. The van der Waals surface area contributed by atoms with Gasteiger partial charge >= 0.3 is 0 Å². The highest BCUT2D eigenvalue weighted by molar-refractivity contribution is 7.53. The molecule has 0 radical (unpaired) electrons. The fourth-order valence-corrected chi connectivity index (χ4v) is 4.72. The molecule has 0 saturated carbocycles. The molecule has 0 aliphatic carbocycles. The van der Waals surface area contributed by atoms with Crippen LogP contribution in [0.2, 0.25) is 0 Å². The van der Waals surface area contributed by atoms with Crippen LogP contribution in [0.3, 0.4) is 0 Å². The average Bonchev–Trinajstić information content (AvgIpc) is 3.28. The Morgan fingerprint density at radius 2 is 0.955 bits per heavy atom. The van der Waals surface area contributed by atoms with Crippen molar-refractivity contribution in [3.63, 3.8) is 0 Å². The van der Waals surface area contributed by atoms with E-state index in [2.05, 4.69) is 69.5 Å². The minimum Gasteiger partial charge on any atom is -0.292 e. The van der Waals surface area contributed by atoms with Gasteiger partial charge in [0.25, 0.3) is 0 Å². The molecule has 3 aromatic heterocycles. The lowest BCUT2D eigenvalue weighted by Crippen LogP contribution is -2.10. The van der Waals surface area contributed by atoms with Gasteiger partial charge in [0.2, 0.25) is 8.37 Å². The Bertz CT molecular complexity index is 709. The highest BCUT2D eigenvalue weighted by atomic mass is 31.1. The summed E-state index contributed by atoms with van der Waals surface area (Å²) in [4.78, 5) is 0. The van der Waals surface area contributed by atoms with Gasteiger partial charge in [-0.2, -0.15) is 0 Å². The SMILES string of the molecule is C=Cc1cccn1P(n1cccc1C=C)n1cccc1C=C. The summed E-state index contributed by atoms with van der Waals surface area (Å²) in [5.74, 6) is 0. The number of aromatic nitrogens is 3. The van der Waals surface area contributed by atoms with Gasteiger partial charge in [-0.3, -0.25) is 13.0 Å². The van der Waals surface area contributed by atoms with Crippen molar-refractivity contribution in [1.29, 1.82) is 0 Å². The number of hydrogen-bond donors (Lipinski definition) is 0. The van der Waals surface area contributed by atoms with E-state index >= 15 is 0 Å². The second-order valence-corrected chi connectivity index (χ2v) is 6.54. The van der Waals surface area contributed by atoms with Crippen LogP contribution in [0.25, 0.3) is 18.2 Å². The van der Waals surface area contributed by atoms with E-state index in [0.29, 0.717) is 0 Å². The Hall–Kier alpha value is -2.51. The second kappa shape index (κ2) is 6.08. The van der Waals surface area contributed by atoms with Crippen LogP contribution < -0.4 is 0 Å². The molecule has 4 heteroatoms. The molecule has 0 N–H and O–H groups in total. The molecule has 0 spiro atoms. The monoisotopic (exact) mass is 307 g/mol. The van der Waals surface area contributed by atoms with Gasteiger partial charge in [0.15, 0.2) is 0 Å². The topological polar surface area (TPSA) is 14.8 Å². The van der Waals surface area contributed by atoms with E-state index < -0.39 is 8.37 Å². The molecule has 0 amide bonds. The van der Waals surface area contributed by atoms with E-state index in [9.17, 15) is 0 Å². The highest BCUT2D eigenvalue weighted by Crippen LogP contribution is 2.45. The van der Waals surface area contributed by atoms with Crippen LogP contribution in [0.1, 0.15) is 17.1 Å². The molecule has 0 atom stereocenters. The third-order valence-electron chi connectivity index (χ3n) is 3.48. The minimum absolute atomic E-state index is 0.878. The molecule has 0 aliphatic heterocycles. The van der Waals surface area contributed by atoms with Crippen LogP contribution in [0.4, 0.5) is 0 Å². The van der Waals surface area contributed by atoms with Crippen molar-refractivity contribution in [3.8, 4) is 0 Å².